The topological polar surface area (TPSA) is 136 Å². The molecule has 0 saturated heterocycles. The van der Waals surface area contributed by atoms with Crippen LogP contribution in [0.15, 0.2) is 24.3 Å². The fourth-order valence-corrected chi connectivity index (χ4v) is 2.70. The van der Waals surface area contributed by atoms with Crippen LogP contribution in [-0.2, 0) is 0 Å². The molecule has 2 rings (SSSR count). The van der Waals surface area contributed by atoms with Gasteiger partial charge in [-0.1, -0.05) is 23.2 Å². The fourth-order valence-electron chi connectivity index (χ4n) is 2.45. The van der Waals surface area contributed by atoms with Gasteiger partial charge in [-0.3, -0.25) is 9.59 Å². The molecule has 0 unspecified atom stereocenters. The first-order chi connectivity index (χ1) is 13.6. The lowest BCUT2D eigenvalue weighted by atomic mass is 10.2. The van der Waals surface area contributed by atoms with Crippen LogP contribution in [0.1, 0.15) is 20.8 Å². The Morgan fingerprint density at radius 1 is 0.931 bits per heavy atom. The number of hydrogen-bond donors (Lipinski definition) is 4. The summed E-state index contributed by atoms with van der Waals surface area (Å²) in [6, 6.07) is 6.69. The molecule has 29 heavy (non-hydrogen) atoms. The van der Waals surface area contributed by atoms with E-state index in [1.165, 1.54) is 0 Å². The fraction of sp³-hybridized carbons (Fsp3) is 0.333. The monoisotopic (exact) mass is 440 g/mol. The van der Waals surface area contributed by atoms with Crippen LogP contribution < -0.4 is 22.1 Å². The summed E-state index contributed by atoms with van der Waals surface area (Å²) in [4.78, 5) is 32.0. The van der Waals surface area contributed by atoms with Crippen LogP contribution in [0.5, 0.6) is 0 Å². The highest BCUT2D eigenvalue weighted by Gasteiger charge is 2.19. The summed E-state index contributed by atoms with van der Waals surface area (Å²) in [6.45, 7) is 2.15. The van der Waals surface area contributed by atoms with E-state index in [4.69, 9.17) is 34.7 Å². The van der Waals surface area contributed by atoms with E-state index in [-0.39, 0.29) is 28.4 Å². The van der Waals surface area contributed by atoms with Gasteiger partial charge in [-0.05, 0) is 24.3 Å². The summed E-state index contributed by atoms with van der Waals surface area (Å²) >= 11 is 11.6. The number of likely N-dealkylation sites (N-methyl/N-ethyl adjacent to an activating group) is 1. The molecule has 1 aromatic heterocycles. The molecule has 0 atom stereocenters. The third-order valence-corrected chi connectivity index (χ3v) is 4.76. The smallest absolute Gasteiger partial charge is 0.273 e. The van der Waals surface area contributed by atoms with Crippen LogP contribution in [0.25, 0.3) is 0 Å². The second-order valence-electron chi connectivity index (χ2n) is 7.04. The number of nitrogen functional groups attached to an aromatic ring is 2. The number of carbonyl (C=O) groups excluding carboxylic acids is 2. The number of nitrogens with zero attached hydrogens (tertiary/aromatic N) is 3. The Morgan fingerprint density at radius 2 is 1.48 bits per heavy atom. The molecule has 156 valence electrons. The highest BCUT2D eigenvalue weighted by molar-refractivity contribution is 6.31. The van der Waals surface area contributed by atoms with Gasteiger partial charge < -0.3 is 26.6 Å². The average molecular weight is 441 g/mol. The van der Waals surface area contributed by atoms with E-state index in [0.717, 1.165) is 0 Å². The zero-order chi connectivity index (χ0) is 21.6. The molecule has 2 amide bonds. The molecule has 0 saturated carbocycles. The quantitative estimate of drug-likeness (QED) is 0.455. The summed E-state index contributed by atoms with van der Waals surface area (Å²) < 4.78 is 0.574. The van der Waals surface area contributed by atoms with Crippen LogP contribution >= 0.6 is 23.2 Å². The number of carbonyl (C=O) groups is 2. The molecule has 0 aliphatic rings. The molecule has 0 spiro atoms. The molecule has 9 nitrogen and oxygen atoms in total. The minimum Gasteiger partial charge on any atom is -0.382 e. The molecule has 0 bridgehead atoms. The predicted octanol–water partition coefficient (Wildman–Crippen LogP) is 1.18. The number of halogens is 2. The molecular formula is C18H24Cl2N7O2+. The molecule has 2 aromatic rings. The van der Waals surface area contributed by atoms with Gasteiger partial charge in [0.2, 0.25) is 0 Å². The maximum atomic E-state index is 12.2. The van der Waals surface area contributed by atoms with Crippen LogP contribution in [0.2, 0.25) is 10.2 Å². The van der Waals surface area contributed by atoms with E-state index in [1.807, 2.05) is 14.1 Å². The first-order valence-electron chi connectivity index (χ1n) is 8.81. The molecule has 0 fully saturated rings. The van der Waals surface area contributed by atoms with Crippen LogP contribution in [0, 0.1) is 0 Å². The minimum atomic E-state index is -0.479. The number of aromatic nitrogens is 2. The van der Waals surface area contributed by atoms with Crippen molar-refractivity contribution in [1.82, 2.24) is 20.6 Å². The molecule has 11 heteroatoms. The lowest BCUT2D eigenvalue weighted by Gasteiger charge is -2.30. The molecular weight excluding hydrogens is 417 g/mol. The number of quaternary nitrogens is 1. The largest absolute Gasteiger partial charge is 0.382 e. The summed E-state index contributed by atoms with van der Waals surface area (Å²) in [5.74, 6) is -0.751. The number of anilines is 2. The molecule has 1 heterocycles. The second kappa shape index (κ2) is 9.73. The molecule has 0 aliphatic carbocycles. The number of hydrogen-bond acceptors (Lipinski definition) is 6. The van der Waals surface area contributed by atoms with Crippen molar-refractivity contribution in [3.05, 3.63) is 45.7 Å². The standard InChI is InChI=1S/C18H23Cl2N7O2/c1-27(2,9-7-23-17(28)11-3-5-12(19)6-4-11)10-8-24-18(29)13-15(21)26-16(22)14(20)25-13/h3-6H,7-10H2,1-2H3,(H5-,21,22,23,24,26,28,29)/p+1. The van der Waals surface area contributed by atoms with Crippen molar-refractivity contribution in [3.8, 4) is 0 Å². The van der Waals surface area contributed by atoms with E-state index in [1.54, 1.807) is 24.3 Å². The SMILES string of the molecule is C[N+](C)(CCNC(=O)c1ccc(Cl)cc1)CCNC(=O)c1nc(Cl)c(N)nc1N. The minimum absolute atomic E-state index is 0.0286. The second-order valence-corrected chi connectivity index (χ2v) is 7.83. The van der Waals surface area contributed by atoms with Gasteiger partial charge in [0.25, 0.3) is 11.8 Å². The summed E-state index contributed by atoms with van der Waals surface area (Å²) in [5, 5.41) is 6.12. The van der Waals surface area contributed by atoms with Gasteiger partial charge in [0, 0.05) is 10.6 Å². The predicted molar refractivity (Wildman–Crippen MR) is 114 cm³/mol. The third-order valence-electron chi connectivity index (χ3n) is 4.23. The molecule has 1 aromatic carbocycles. The van der Waals surface area contributed by atoms with Crippen molar-refractivity contribution in [1.29, 1.82) is 0 Å². The number of nitrogens with two attached hydrogens (primary N) is 2. The van der Waals surface area contributed by atoms with Gasteiger partial charge in [0.15, 0.2) is 22.5 Å². The van der Waals surface area contributed by atoms with Crippen molar-refractivity contribution in [3.63, 3.8) is 0 Å². The molecule has 0 aliphatic heterocycles. The number of benzene rings is 1. The van der Waals surface area contributed by atoms with Crippen molar-refractivity contribution in [2.75, 3.05) is 51.7 Å². The van der Waals surface area contributed by atoms with Gasteiger partial charge in [-0.15, -0.1) is 0 Å². The van der Waals surface area contributed by atoms with Crippen molar-refractivity contribution < 1.29 is 14.1 Å². The first kappa shape index (κ1) is 22.7. The molecule has 6 N–H and O–H groups in total. The van der Waals surface area contributed by atoms with Gasteiger partial charge in [-0.2, -0.15) is 0 Å². The van der Waals surface area contributed by atoms with Crippen molar-refractivity contribution in [2.45, 2.75) is 0 Å². The van der Waals surface area contributed by atoms with Crippen molar-refractivity contribution in [2.24, 2.45) is 0 Å². The normalized spacial score (nSPS) is 11.2. The van der Waals surface area contributed by atoms with Gasteiger partial charge in [0.1, 0.15) is 0 Å². The Morgan fingerprint density at radius 3 is 2.07 bits per heavy atom. The van der Waals surface area contributed by atoms with E-state index >= 15 is 0 Å². The summed E-state index contributed by atoms with van der Waals surface area (Å²) in [5.41, 5.74) is 11.7. The van der Waals surface area contributed by atoms with Gasteiger partial charge in [0.05, 0.1) is 40.3 Å². The maximum Gasteiger partial charge on any atom is 0.273 e. The van der Waals surface area contributed by atoms with E-state index in [0.29, 0.717) is 41.2 Å². The van der Waals surface area contributed by atoms with E-state index in [9.17, 15) is 9.59 Å². The number of nitrogens with one attached hydrogen (secondary N) is 2. The Balaban J connectivity index is 1.78. The Labute approximate surface area is 179 Å². The first-order valence-corrected chi connectivity index (χ1v) is 9.57. The third kappa shape index (κ3) is 6.74. The summed E-state index contributed by atoms with van der Waals surface area (Å²) in [7, 11) is 3.99. The van der Waals surface area contributed by atoms with Crippen LogP contribution in [0.3, 0.4) is 0 Å². The average Bonchev–Trinajstić information content (AvgIpc) is 2.64. The lowest BCUT2D eigenvalue weighted by molar-refractivity contribution is -0.887. The number of rotatable bonds is 8. The summed E-state index contributed by atoms with van der Waals surface area (Å²) in [6.07, 6.45) is 0. The van der Waals surface area contributed by atoms with Gasteiger partial charge >= 0.3 is 0 Å². The lowest BCUT2D eigenvalue weighted by Crippen LogP contribution is -2.49. The van der Waals surface area contributed by atoms with E-state index in [2.05, 4.69) is 20.6 Å². The van der Waals surface area contributed by atoms with E-state index < -0.39 is 5.91 Å². The van der Waals surface area contributed by atoms with Crippen LogP contribution in [0.4, 0.5) is 11.6 Å². The highest BCUT2D eigenvalue weighted by atomic mass is 35.5. The Hall–Kier alpha value is -2.62. The zero-order valence-electron chi connectivity index (χ0n) is 16.2. The maximum absolute atomic E-state index is 12.2. The number of amides is 2. The van der Waals surface area contributed by atoms with Crippen molar-refractivity contribution >= 4 is 46.7 Å². The Kier molecular flexibility index (Phi) is 7.60. The van der Waals surface area contributed by atoms with Gasteiger partial charge in [-0.25, -0.2) is 9.97 Å². The van der Waals surface area contributed by atoms with Crippen LogP contribution in [-0.4, -0.2) is 66.5 Å². The zero-order valence-corrected chi connectivity index (χ0v) is 17.7. The Bertz CT molecular complexity index is 889. The highest BCUT2D eigenvalue weighted by Crippen LogP contribution is 2.17. The molecule has 0 radical (unpaired) electrons.